The molecule has 1 rings (SSSR count). The van der Waals surface area contributed by atoms with E-state index in [1.807, 2.05) is 0 Å². The summed E-state index contributed by atoms with van der Waals surface area (Å²) in [5, 5.41) is 9.56. The lowest BCUT2D eigenvalue weighted by Crippen LogP contribution is -2.28. The summed E-state index contributed by atoms with van der Waals surface area (Å²) < 4.78 is 16.4. The van der Waals surface area contributed by atoms with Crippen molar-refractivity contribution in [2.24, 2.45) is 0 Å². The smallest absolute Gasteiger partial charge is 0.306 e. The highest BCUT2D eigenvalue weighted by atomic mass is 16.6. The highest BCUT2D eigenvalue weighted by Crippen LogP contribution is 2.30. The molecule has 2 unspecified atom stereocenters. The number of epoxide rings is 1. The molecule has 1 aliphatic rings. The molecule has 1 aliphatic heterocycles. The third-order valence-electron chi connectivity index (χ3n) is 9.23. The van der Waals surface area contributed by atoms with Gasteiger partial charge in [-0.3, -0.25) is 9.59 Å². The summed E-state index contributed by atoms with van der Waals surface area (Å²) in [4.78, 5) is 24.3. The molecule has 6 heteroatoms. The summed E-state index contributed by atoms with van der Waals surface area (Å²) in [5.74, 6) is -0.605. The molecule has 0 bridgehead atoms. The number of ether oxygens (including phenoxy) is 3. The van der Waals surface area contributed by atoms with E-state index in [4.69, 9.17) is 14.2 Å². The minimum atomic E-state index is -0.775. The molecule has 46 heavy (non-hydrogen) atoms. The first-order valence-corrected chi connectivity index (χ1v) is 19.9. The zero-order chi connectivity index (χ0) is 33.3. The van der Waals surface area contributed by atoms with E-state index in [0.29, 0.717) is 25.0 Å². The monoisotopic (exact) mass is 651 g/mol. The number of aliphatic hydroxyl groups is 1. The maximum Gasteiger partial charge on any atom is 0.306 e. The minimum absolute atomic E-state index is 0.0729. The number of unbranched alkanes of at least 4 members (excludes halogenated alkanes) is 22. The quantitative estimate of drug-likeness (QED) is 0.0318. The SMILES string of the molecule is CCCCC/C=C\CC1OC1CCCCCCCC(=O)OC[C@H](CO)OC(=O)CCCCCCCCCCCCCCCCCC. The highest BCUT2D eigenvalue weighted by molar-refractivity contribution is 5.70. The number of hydrogen-bond acceptors (Lipinski definition) is 6. The van der Waals surface area contributed by atoms with Gasteiger partial charge in [-0.2, -0.15) is 0 Å². The Balaban J connectivity index is 1.87. The van der Waals surface area contributed by atoms with Crippen LogP contribution in [-0.2, 0) is 23.8 Å². The van der Waals surface area contributed by atoms with Crippen LogP contribution in [0.4, 0.5) is 0 Å². The molecule has 0 aliphatic carbocycles. The van der Waals surface area contributed by atoms with Crippen LogP contribution < -0.4 is 0 Å². The predicted molar refractivity (Wildman–Crippen MR) is 191 cm³/mol. The second kappa shape index (κ2) is 32.2. The summed E-state index contributed by atoms with van der Waals surface area (Å²) >= 11 is 0. The van der Waals surface area contributed by atoms with Crippen LogP contribution in [-0.4, -0.2) is 48.6 Å². The number of aliphatic hydroxyl groups excluding tert-OH is 1. The number of carbonyl (C=O) groups excluding carboxylic acids is 2. The van der Waals surface area contributed by atoms with Gasteiger partial charge in [-0.15, -0.1) is 0 Å². The predicted octanol–water partition coefficient (Wildman–Crippen LogP) is 11.1. The number of esters is 2. The fraction of sp³-hybridized carbons (Fsp3) is 0.900. The summed E-state index contributed by atoms with van der Waals surface area (Å²) in [6.45, 7) is 4.10. The van der Waals surface area contributed by atoms with E-state index in [1.165, 1.54) is 116 Å². The Kier molecular flexibility index (Phi) is 29.8. The largest absolute Gasteiger partial charge is 0.462 e. The van der Waals surface area contributed by atoms with Crippen LogP contribution in [0.2, 0.25) is 0 Å². The molecular formula is C40H74O6. The van der Waals surface area contributed by atoms with E-state index in [2.05, 4.69) is 26.0 Å². The summed E-state index contributed by atoms with van der Waals surface area (Å²) in [6, 6.07) is 0. The van der Waals surface area contributed by atoms with Crippen LogP contribution in [0.1, 0.15) is 200 Å². The molecule has 1 fully saturated rings. The summed E-state index contributed by atoms with van der Waals surface area (Å²) in [6.07, 6.45) is 38.6. The van der Waals surface area contributed by atoms with Gasteiger partial charge < -0.3 is 19.3 Å². The molecule has 1 saturated heterocycles. The Hall–Kier alpha value is -1.40. The molecule has 0 spiro atoms. The fourth-order valence-corrected chi connectivity index (χ4v) is 6.09. The zero-order valence-corrected chi connectivity index (χ0v) is 30.3. The number of hydrogen-bond donors (Lipinski definition) is 1. The van der Waals surface area contributed by atoms with Gasteiger partial charge in [0, 0.05) is 12.8 Å². The molecule has 0 radical (unpaired) electrons. The van der Waals surface area contributed by atoms with Gasteiger partial charge in [-0.05, 0) is 38.5 Å². The van der Waals surface area contributed by atoms with Crippen molar-refractivity contribution in [3.05, 3.63) is 12.2 Å². The summed E-state index contributed by atoms with van der Waals surface area (Å²) in [5.41, 5.74) is 0. The molecule has 0 amide bonds. The molecule has 1 heterocycles. The van der Waals surface area contributed by atoms with Gasteiger partial charge >= 0.3 is 11.9 Å². The Bertz CT molecular complexity index is 723. The molecule has 0 aromatic carbocycles. The van der Waals surface area contributed by atoms with E-state index in [-0.39, 0.29) is 25.2 Å². The molecule has 0 saturated carbocycles. The Labute approximate surface area is 284 Å². The van der Waals surface area contributed by atoms with Gasteiger partial charge in [-0.1, -0.05) is 161 Å². The Morgan fingerprint density at radius 1 is 0.609 bits per heavy atom. The van der Waals surface area contributed by atoms with E-state index in [0.717, 1.165) is 57.8 Å². The minimum Gasteiger partial charge on any atom is -0.462 e. The van der Waals surface area contributed by atoms with Crippen LogP contribution in [0.15, 0.2) is 12.2 Å². The molecule has 6 nitrogen and oxygen atoms in total. The molecule has 0 aromatic heterocycles. The second-order valence-corrected chi connectivity index (χ2v) is 13.8. The van der Waals surface area contributed by atoms with Crippen LogP contribution in [0.25, 0.3) is 0 Å². The number of carbonyl (C=O) groups is 2. The van der Waals surface area contributed by atoms with Gasteiger partial charge in [0.05, 0.1) is 18.8 Å². The van der Waals surface area contributed by atoms with Crippen LogP contribution >= 0.6 is 0 Å². The van der Waals surface area contributed by atoms with Crippen molar-refractivity contribution in [1.29, 1.82) is 0 Å². The first kappa shape index (κ1) is 42.6. The molecular weight excluding hydrogens is 576 g/mol. The lowest BCUT2D eigenvalue weighted by atomic mass is 10.0. The first-order valence-electron chi connectivity index (χ1n) is 19.9. The van der Waals surface area contributed by atoms with Crippen LogP contribution in [0, 0.1) is 0 Å². The average molecular weight is 651 g/mol. The average Bonchev–Trinajstić information content (AvgIpc) is 3.81. The maximum absolute atomic E-state index is 12.2. The van der Waals surface area contributed by atoms with Crippen LogP contribution in [0.5, 0.6) is 0 Å². The molecule has 270 valence electrons. The number of allylic oxidation sites excluding steroid dienone is 1. The number of rotatable bonds is 35. The molecule has 1 N–H and O–H groups in total. The Morgan fingerprint density at radius 2 is 1.09 bits per heavy atom. The van der Waals surface area contributed by atoms with E-state index in [9.17, 15) is 14.7 Å². The third kappa shape index (κ3) is 27.7. The van der Waals surface area contributed by atoms with Gasteiger partial charge in [0.15, 0.2) is 6.10 Å². The van der Waals surface area contributed by atoms with Crippen molar-refractivity contribution < 1.29 is 28.9 Å². The highest BCUT2D eigenvalue weighted by Gasteiger charge is 2.36. The van der Waals surface area contributed by atoms with Gasteiger partial charge in [0.25, 0.3) is 0 Å². The zero-order valence-electron chi connectivity index (χ0n) is 30.3. The fourth-order valence-electron chi connectivity index (χ4n) is 6.09. The molecule has 3 atom stereocenters. The normalized spacial score (nSPS) is 16.6. The van der Waals surface area contributed by atoms with Crippen molar-refractivity contribution in [2.45, 2.75) is 218 Å². The van der Waals surface area contributed by atoms with Gasteiger partial charge in [-0.25, -0.2) is 0 Å². The van der Waals surface area contributed by atoms with Gasteiger partial charge in [0.2, 0.25) is 0 Å². The topological polar surface area (TPSA) is 85.4 Å². The first-order chi connectivity index (χ1) is 22.6. The van der Waals surface area contributed by atoms with Crippen molar-refractivity contribution in [1.82, 2.24) is 0 Å². The molecule has 0 aromatic rings. The third-order valence-corrected chi connectivity index (χ3v) is 9.23. The van der Waals surface area contributed by atoms with E-state index >= 15 is 0 Å². The van der Waals surface area contributed by atoms with E-state index in [1.54, 1.807) is 0 Å². The lowest BCUT2D eigenvalue weighted by Gasteiger charge is -2.15. The second-order valence-electron chi connectivity index (χ2n) is 13.8. The van der Waals surface area contributed by atoms with Crippen molar-refractivity contribution >= 4 is 11.9 Å². The standard InChI is InChI=1S/C40H74O6/c1-3-5-7-9-11-12-13-14-15-16-17-18-19-20-24-29-33-40(43)45-36(34-41)35-44-39(42)32-28-25-21-23-27-31-38-37(46-38)30-26-22-10-8-6-4-2/h22,26,36-38,41H,3-21,23-25,27-35H2,1-2H3/b26-22-/t36-,37?,38?/m0/s1. The van der Waals surface area contributed by atoms with Crippen molar-refractivity contribution in [2.75, 3.05) is 13.2 Å². The van der Waals surface area contributed by atoms with Gasteiger partial charge in [0.1, 0.15) is 6.61 Å². The van der Waals surface area contributed by atoms with Crippen LogP contribution in [0.3, 0.4) is 0 Å². The maximum atomic E-state index is 12.2. The lowest BCUT2D eigenvalue weighted by molar-refractivity contribution is -0.161. The Morgan fingerprint density at radius 3 is 1.63 bits per heavy atom. The van der Waals surface area contributed by atoms with Crippen molar-refractivity contribution in [3.8, 4) is 0 Å². The summed E-state index contributed by atoms with van der Waals surface area (Å²) in [7, 11) is 0. The van der Waals surface area contributed by atoms with Crippen molar-refractivity contribution in [3.63, 3.8) is 0 Å². The van der Waals surface area contributed by atoms with E-state index < -0.39 is 6.10 Å².